The van der Waals surface area contributed by atoms with Crippen molar-refractivity contribution in [2.45, 2.75) is 71.8 Å². The molecule has 1 aliphatic rings. The van der Waals surface area contributed by atoms with Gasteiger partial charge >= 0.3 is 0 Å². The van der Waals surface area contributed by atoms with Crippen molar-refractivity contribution in [1.82, 2.24) is 5.32 Å². The normalized spacial score (nSPS) is 29.8. The van der Waals surface area contributed by atoms with Gasteiger partial charge in [0.15, 0.2) is 0 Å². The van der Waals surface area contributed by atoms with E-state index in [-0.39, 0.29) is 0 Å². The number of nitrogens with one attached hydrogen (secondary N) is 1. The van der Waals surface area contributed by atoms with Gasteiger partial charge in [-0.05, 0) is 37.6 Å². The Hall–Kier alpha value is -0.0400. The summed E-state index contributed by atoms with van der Waals surface area (Å²) in [6.45, 7) is 8.04. The maximum atomic E-state index is 3.66. The average Bonchev–Trinajstić information content (AvgIpc) is 2.51. The minimum absolute atomic E-state index is 0.783. The molecule has 0 bridgehead atoms. The minimum atomic E-state index is 0.783. The molecule has 3 unspecified atom stereocenters. The fourth-order valence-electron chi connectivity index (χ4n) is 3.12. The van der Waals surface area contributed by atoms with E-state index in [0.717, 1.165) is 24.4 Å². The van der Waals surface area contributed by atoms with Gasteiger partial charge in [0.25, 0.3) is 0 Å². The fourth-order valence-corrected chi connectivity index (χ4v) is 3.12. The van der Waals surface area contributed by atoms with Gasteiger partial charge in [0, 0.05) is 6.04 Å². The summed E-state index contributed by atoms with van der Waals surface area (Å²) in [7, 11) is 0. The molecule has 0 aliphatic heterocycles. The molecule has 0 aromatic carbocycles. The Morgan fingerprint density at radius 1 is 1.07 bits per heavy atom. The molecular formula is C14H29N. The highest BCUT2D eigenvalue weighted by molar-refractivity contribution is 4.79. The molecule has 1 nitrogen and oxygen atoms in total. The SMILES string of the molecule is CCNC(CC)C1CCCC(CC)CC1. The molecule has 0 heterocycles. The monoisotopic (exact) mass is 211 g/mol. The van der Waals surface area contributed by atoms with Crippen LogP contribution in [-0.4, -0.2) is 12.6 Å². The fraction of sp³-hybridized carbons (Fsp3) is 1.00. The molecule has 1 saturated carbocycles. The Morgan fingerprint density at radius 3 is 2.47 bits per heavy atom. The van der Waals surface area contributed by atoms with Crippen LogP contribution in [0.4, 0.5) is 0 Å². The van der Waals surface area contributed by atoms with Crippen molar-refractivity contribution in [3.05, 3.63) is 0 Å². The topological polar surface area (TPSA) is 12.0 Å². The van der Waals surface area contributed by atoms with Crippen LogP contribution in [0.15, 0.2) is 0 Å². The van der Waals surface area contributed by atoms with Crippen LogP contribution >= 0.6 is 0 Å². The molecule has 0 aromatic heterocycles. The Morgan fingerprint density at radius 2 is 1.87 bits per heavy atom. The summed E-state index contributed by atoms with van der Waals surface area (Å²) >= 11 is 0. The summed E-state index contributed by atoms with van der Waals surface area (Å²) in [5, 5.41) is 3.66. The zero-order valence-electron chi connectivity index (χ0n) is 10.9. The van der Waals surface area contributed by atoms with Gasteiger partial charge in [0.2, 0.25) is 0 Å². The van der Waals surface area contributed by atoms with Crippen molar-refractivity contribution in [3.8, 4) is 0 Å². The molecule has 15 heavy (non-hydrogen) atoms. The van der Waals surface area contributed by atoms with E-state index in [1.165, 1.54) is 44.9 Å². The van der Waals surface area contributed by atoms with Crippen molar-refractivity contribution in [3.63, 3.8) is 0 Å². The van der Waals surface area contributed by atoms with Crippen molar-refractivity contribution >= 4 is 0 Å². The summed E-state index contributed by atoms with van der Waals surface area (Å²) < 4.78 is 0. The maximum absolute atomic E-state index is 3.66. The molecule has 0 saturated heterocycles. The van der Waals surface area contributed by atoms with Crippen molar-refractivity contribution < 1.29 is 0 Å². The van der Waals surface area contributed by atoms with Crippen molar-refractivity contribution in [2.24, 2.45) is 11.8 Å². The molecule has 0 spiro atoms. The van der Waals surface area contributed by atoms with Crippen LogP contribution in [0.25, 0.3) is 0 Å². The van der Waals surface area contributed by atoms with E-state index in [0.29, 0.717) is 0 Å². The van der Waals surface area contributed by atoms with Crippen LogP contribution in [0.3, 0.4) is 0 Å². The van der Waals surface area contributed by atoms with Gasteiger partial charge in [0.1, 0.15) is 0 Å². The summed E-state index contributed by atoms with van der Waals surface area (Å²) in [5.74, 6) is 1.97. The van der Waals surface area contributed by atoms with E-state index in [4.69, 9.17) is 0 Å². The predicted molar refractivity (Wildman–Crippen MR) is 68.1 cm³/mol. The van der Waals surface area contributed by atoms with E-state index in [2.05, 4.69) is 26.1 Å². The smallest absolute Gasteiger partial charge is 0.00925 e. The molecule has 1 aliphatic carbocycles. The van der Waals surface area contributed by atoms with Crippen LogP contribution in [0.1, 0.15) is 65.7 Å². The quantitative estimate of drug-likeness (QED) is 0.678. The zero-order valence-corrected chi connectivity index (χ0v) is 10.9. The lowest BCUT2D eigenvalue weighted by molar-refractivity contribution is 0.311. The van der Waals surface area contributed by atoms with Crippen molar-refractivity contribution in [1.29, 1.82) is 0 Å². The van der Waals surface area contributed by atoms with E-state index in [1.807, 2.05) is 0 Å². The van der Waals surface area contributed by atoms with Gasteiger partial charge in [-0.3, -0.25) is 0 Å². The third-order valence-electron chi connectivity index (χ3n) is 4.19. The lowest BCUT2D eigenvalue weighted by Gasteiger charge is -2.25. The average molecular weight is 211 g/mol. The Labute approximate surface area is 96.0 Å². The molecule has 0 radical (unpaired) electrons. The van der Waals surface area contributed by atoms with Crippen LogP contribution in [0.2, 0.25) is 0 Å². The first-order chi connectivity index (χ1) is 7.31. The standard InChI is InChI=1S/C14H29N/c1-4-12-8-7-9-13(11-10-12)14(5-2)15-6-3/h12-15H,4-11H2,1-3H3. The maximum Gasteiger partial charge on any atom is 0.00925 e. The first-order valence-electron chi connectivity index (χ1n) is 7.05. The molecule has 90 valence electrons. The molecule has 1 fully saturated rings. The minimum Gasteiger partial charge on any atom is -0.314 e. The van der Waals surface area contributed by atoms with Crippen LogP contribution in [-0.2, 0) is 0 Å². The van der Waals surface area contributed by atoms with Gasteiger partial charge in [-0.25, -0.2) is 0 Å². The van der Waals surface area contributed by atoms with Gasteiger partial charge in [-0.15, -0.1) is 0 Å². The Kier molecular flexibility index (Phi) is 6.31. The van der Waals surface area contributed by atoms with E-state index in [9.17, 15) is 0 Å². The lowest BCUT2D eigenvalue weighted by atomic mass is 9.89. The number of hydrogen-bond acceptors (Lipinski definition) is 1. The summed E-state index contributed by atoms with van der Waals surface area (Å²) in [5.41, 5.74) is 0. The number of hydrogen-bond donors (Lipinski definition) is 1. The second-order valence-corrected chi connectivity index (χ2v) is 5.12. The third-order valence-corrected chi connectivity index (χ3v) is 4.19. The van der Waals surface area contributed by atoms with E-state index < -0.39 is 0 Å². The second kappa shape index (κ2) is 7.27. The molecular weight excluding hydrogens is 182 g/mol. The highest BCUT2D eigenvalue weighted by Crippen LogP contribution is 2.31. The molecule has 0 aromatic rings. The third kappa shape index (κ3) is 4.14. The van der Waals surface area contributed by atoms with Crippen LogP contribution in [0, 0.1) is 11.8 Å². The molecule has 3 atom stereocenters. The molecule has 1 N–H and O–H groups in total. The largest absolute Gasteiger partial charge is 0.314 e. The second-order valence-electron chi connectivity index (χ2n) is 5.12. The first-order valence-corrected chi connectivity index (χ1v) is 7.05. The van der Waals surface area contributed by atoms with Gasteiger partial charge in [-0.2, -0.15) is 0 Å². The summed E-state index contributed by atoms with van der Waals surface area (Å²) in [6.07, 6.45) is 10.0. The Balaban J connectivity index is 2.40. The summed E-state index contributed by atoms with van der Waals surface area (Å²) in [4.78, 5) is 0. The van der Waals surface area contributed by atoms with Crippen LogP contribution < -0.4 is 5.32 Å². The predicted octanol–water partition coefficient (Wildman–Crippen LogP) is 3.98. The molecule has 0 amide bonds. The van der Waals surface area contributed by atoms with Gasteiger partial charge in [-0.1, -0.05) is 46.5 Å². The van der Waals surface area contributed by atoms with E-state index >= 15 is 0 Å². The first kappa shape index (κ1) is 13.0. The van der Waals surface area contributed by atoms with Gasteiger partial charge < -0.3 is 5.32 Å². The summed E-state index contributed by atoms with van der Waals surface area (Å²) in [6, 6.07) is 0.783. The van der Waals surface area contributed by atoms with Gasteiger partial charge in [0.05, 0.1) is 0 Å². The zero-order chi connectivity index (χ0) is 11.1. The Bertz CT molecular complexity index is 155. The molecule has 1 heteroatoms. The highest BCUT2D eigenvalue weighted by atomic mass is 14.9. The highest BCUT2D eigenvalue weighted by Gasteiger charge is 2.23. The molecule has 1 rings (SSSR count). The van der Waals surface area contributed by atoms with Crippen LogP contribution in [0.5, 0.6) is 0 Å². The number of rotatable bonds is 5. The van der Waals surface area contributed by atoms with E-state index in [1.54, 1.807) is 0 Å². The van der Waals surface area contributed by atoms with Crippen molar-refractivity contribution in [2.75, 3.05) is 6.54 Å². The lowest BCUT2D eigenvalue weighted by Crippen LogP contribution is -2.35.